The number of nitrogens with one attached hydrogen (secondary N) is 1. The molecule has 0 fully saturated rings. The molecule has 1 aromatic heterocycles. The van der Waals surface area contributed by atoms with Crippen molar-refractivity contribution in [2.45, 2.75) is 26.1 Å². The normalized spacial score (nSPS) is 12.9. The zero-order valence-corrected chi connectivity index (χ0v) is 12.5. The summed E-state index contributed by atoms with van der Waals surface area (Å²) in [4.78, 5) is 34.7. The average Bonchev–Trinajstić information content (AvgIpc) is 2.58. The van der Waals surface area contributed by atoms with Crippen LogP contribution in [0.25, 0.3) is 0 Å². The Hall–Kier alpha value is -2.03. The lowest BCUT2D eigenvalue weighted by Crippen LogP contribution is -2.46. The minimum absolute atomic E-state index is 0.0974. The number of hydrogen-bond acceptors (Lipinski definition) is 3. The Morgan fingerprint density at radius 1 is 1.32 bits per heavy atom. The van der Waals surface area contributed by atoms with Crippen LogP contribution in [0.3, 0.4) is 0 Å². The molecule has 2 N–H and O–H groups in total. The second-order valence-electron chi connectivity index (χ2n) is 4.57. The molecule has 122 valence electrons. The van der Waals surface area contributed by atoms with Gasteiger partial charge in [-0.3, -0.25) is 9.59 Å². The first-order valence-electron chi connectivity index (χ1n) is 5.89. The molecule has 0 radical (unpaired) electrons. The standard InChI is InChI=1S/C12H12ClF3N2O4/c1-4-6(11(21)22)9(13)18(3)7(4)8(19)10(20)17-5(2)12(14,15)16/h5H,1-3H3,(H,17,20)(H,21,22)/t5-/m1/s1. The Bertz CT molecular complexity index is 652. The number of halogens is 4. The molecule has 0 aliphatic heterocycles. The summed E-state index contributed by atoms with van der Waals surface area (Å²) in [5.41, 5.74) is -0.863. The number of rotatable bonds is 4. The number of hydrogen-bond donors (Lipinski definition) is 2. The van der Waals surface area contributed by atoms with Crippen LogP contribution in [0.1, 0.15) is 33.3 Å². The van der Waals surface area contributed by atoms with Gasteiger partial charge in [-0.05, 0) is 19.4 Å². The van der Waals surface area contributed by atoms with Crippen molar-refractivity contribution >= 4 is 29.3 Å². The van der Waals surface area contributed by atoms with E-state index in [0.717, 1.165) is 4.57 Å². The number of carbonyl (C=O) groups is 3. The third-order valence-corrected chi connectivity index (χ3v) is 3.48. The Balaban J connectivity index is 3.17. The lowest BCUT2D eigenvalue weighted by Gasteiger charge is -2.16. The summed E-state index contributed by atoms with van der Waals surface area (Å²) >= 11 is 5.76. The van der Waals surface area contributed by atoms with Crippen molar-refractivity contribution < 1.29 is 32.7 Å². The van der Waals surface area contributed by atoms with Crippen LogP contribution in [-0.4, -0.2) is 39.6 Å². The zero-order chi connectivity index (χ0) is 17.4. The van der Waals surface area contributed by atoms with E-state index in [1.165, 1.54) is 19.3 Å². The lowest BCUT2D eigenvalue weighted by atomic mass is 10.1. The van der Waals surface area contributed by atoms with Gasteiger partial charge in [0.25, 0.3) is 11.7 Å². The molecule has 1 atom stereocenters. The van der Waals surface area contributed by atoms with Crippen molar-refractivity contribution in [3.63, 3.8) is 0 Å². The van der Waals surface area contributed by atoms with Crippen molar-refractivity contribution in [3.8, 4) is 0 Å². The van der Waals surface area contributed by atoms with Crippen molar-refractivity contribution in [3.05, 3.63) is 22.0 Å². The van der Waals surface area contributed by atoms with E-state index >= 15 is 0 Å². The van der Waals surface area contributed by atoms with Crippen LogP contribution in [0.2, 0.25) is 5.15 Å². The lowest BCUT2D eigenvalue weighted by molar-refractivity contribution is -0.156. The molecule has 0 spiro atoms. The number of amides is 1. The second kappa shape index (κ2) is 5.99. The molecule has 0 aliphatic rings. The van der Waals surface area contributed by atoms with Gasteiger partial charge >= 0.3 is 12.1 Å². The fourth-order valence-electron chi connectivity index (χ4n) is 1.81. The van der Waals surface area contributed by atoms with E-state index in [9.17, 15) is 27.6 Å². The molecule has 1 rings (SSSR count). The third kappa shape index (κ3) is 3.24. The molecule has 1 amide bonds. The summed E-state index contributed by atoms with van der Waals surface area (Å²) in [5, 5.41) is 10.2. The maximum Gasteiger partial charge on any atom is 0.408 e. The predicted octanol–water partition coefficient (Wildman–Crippen LogP) is 1.93. The maximum absolute atomic E-state index is 12.4. The number of carbonyl (C=O) groups excluding carboxylic acids is 2. The molecule has 10 heteroatoms. The van der Waals surface area contributed by atoms with E-state index in [0.29, 0.717) is 6.92 Å². The van der Waals surface area contributed by atoms with Crippen LogP contribution in [-0.2, 0) is 11.8 Å². The molecule has 1 heterocycles. The molecule has 0 bridgehead atoms. The quantitative estimate of drug-likeness (QED) is 0.647. The molecule has 0 saturated heterocycles. The average molecular weight is 341 g/mol. The van der Waals surface area contributed by atoms with Gasteiger partial charge in [0.15, 0.2) is 0 Å². The SMILES string of the molecule is Cc1c(C(=O)O)c(Cl)n(C)c1C(=O)C(=O)N[C@H](C)C(F)(F)F. The summed E-state index contributed by atoms with van der Waals surface area (Å²) < 4.78 is 38.1. The van der Waals surface area contributed by atoms with Gasteiger partial charge in [0.2, 0.25) is 0 Å². The molecule has 6 nitrogen and oxygen atoms in total. The van der Waals surface area contributed by atoms with Gasteiger partial charge in [-0.2, -0.15) is 13.2 Å². The van der Waals surface area contributed by atoms with Crippen molar-refractivity contribution in [1.82, 2.24) is 9.88 Å². The van der Waals surface area contributed by atoms with Gasteiger partial charge in [-0.25, -0.2) is 4.79 Å². The van der Waals surface area contributed by atoms with Gasteiger partial charge in [-0.15, -0.1) is 0 Å². The van der Waals surface area contributed by atoms with E-state index in [1.807, 2.05) is 0 Å². The molecular weight excluding hydrogens is 329 g/mol. The summed E-state index contributed by atoms with van der Waals surface area (Å²) in [6, 6.07) is -2.22. The monoisotopic (exact) mass is 340 g/mol. The largest absolute Gasteiger partial charge is 0.478 e. The van der Waals surface area contributed by atoms with Crippen molar-refractivity contribution in [2.24, 2.45) is 7.05 Å². The van der Waals surface area contributed by atoms with Crippen LogP contribution in [0.4, 0.5) is 13.2 Å². The first-order valence-corrected chi connectivity index (χ1v) is 6.27. The Morgan fingerprint density at radius 3 is 2.18 bits per heavy atom. The highest BCUT2D eigenvalue weighted by atomic mass is 35.5. The number of ketones is 1. The topological polar surface area (TPSA) is 88.4 Å². The predicted molar refractivity (Wildman–Crippen MR) is 70.1 cm³/mol. The van der Waals surface area contributed by atoms with Crippen molar-refractivity contribution in [2.75, 3.05) is 0 Å². The molecule has 0 unspecified atom stereocenters. The number of aromatic carboxylic acids is 1. The summed E-state index contributed by atoms with van der Waals surface area (Å²) in [7, 11) is 1.23. The molecule has 0 aliphatic carbocycles. The van der Waals surface area contributed by atoms with Gasteiger partial charge in [0.05, 0.1) is 5.69 Å². The van der Waals surface area contributed by atoms with E-state index in [1.54, 1.807) is 0 Å². The number of carboxylic acids is 1. The fraction of sp³-hybridized carbons (Fsp3) is 0.417. The Morgan fingerprint density at radius 2 is 1.82 bits per heavy atom. The van der Waals surface area contributed by atoms with E-state index in [2.05, 4.69) is 0 Å². The zero-order valence-electron chi connectivity index (χ0n) is 11.7. The number of alkyl halides is 3. The van der Waals surface area contributed by atoms with E-state index in [4.69, 9.17) is 16.7 Å². The van der Waals surface area contributed by atoms with Gasteiger partial charge in [0, 0.05) is 7.05 Å². The molecular formula is C12H12ClF3N2O4. The highest BCUT2D eigenvalue weighted by molar-refractivity contribution is 6.44. The number of aromatic nitrogens is 1. The fourth-order valence-corrected chi connectivity index (χ4v) is 2.12. The molecule has 0 saturated carbocycles. The van der Waals surface area contributed by atoms with Crippen LogP contribution in [0.15, 0.2) is 0 Å². The summed E-state index contributed by atoms with van der Waals surface area (Å²) in [6.07, 6.45) is -4.71. The van der Waals surface area contributed by atoms with Gasteiger partial charge < -0.3 is 15.0 Å². The molecule has 1 aromatic rings. The van der Waals surface area contributed by atoms with E-state index < -0.39 is 29.9 Å². The molecule has 22 heavy (non-hydrogen) atoms. The minimum Gasteiger partial charge on any atom is -0.478 e. The van der Waals surface area contributed by atoms with Crippen LogP contribution in [0.5, 0.6) is 0 Å². The highest BCUT2D eigenvalue weighted by Crippen LogP contribution is 2.26. The van der Waals surface area contributed by atoms with Gasteiger partial charge in [-0.1, -0.05) is 11.6 Å². The van der Waals surface area contributed by atoms with E-state index in [-0.39, 0.29) is 22.0 Å². The van der Waals surface area contributed by atoms with Gasteiger partial charge in [0.1, 0.15) is 16.8 Å². The Labute approximate surface area is 127 Å². The van der Waals surface area contributed by atoms with Crippen LogP contribution >= 0.6 is 11.6 Å². The third-order valence-electron chi connectivity index (χ3n) is 3.04. The smallest absolute Gasteiger partial charge is 0.408 e. The number of nitrogens with zero attached hydrogens (tertiary/aromatic N) is 1. The first kappa shape index (κ1) is 18.0. The minimum atomic E-state index is -4.71. The highest BCUT2D eigenvalue weighted by Gasteiger charge is 2.39. The Kier molecular flexibility index (Phi) is 4.91. The van der Waals surface area contributed by atoms with Crippen LogP contribution < -0.4 is 5.32 Å². The summed E-state index contributed by atoms with van der Waals surface area (Å²) in [6.45, 7) is 1.92. The molecule has 0 aromatic carbocycles. The second-order valence-corrected chi connectivity index (χ2v) is 4.93. The summed E-state index contributed by atoms with van der Waals surface area (Å²) in [5.74, 6) is -4.21. The van der Waals surface area contributed by atoms with Crippen LogP contribution in [0, 0.1) is 6.92 Å². The van der Waals surface area contributed by atoms with Crippen molar-refractivity contribution in [1.29, 1.82) is 0 Å². The number of Topliss-reactive ketones (excluding diaryl/α,β-unsaturated/α-hetero) is 1. The number of carboxylic acid groups (broad SMARTS) is 1. The first-order chi connectivity index (χ1) is 9.89. The maximum atomic E-state index is 12.4.